The molecule has 3 nitrogen and oxygen atoms in total. The Kier molecular flexibility index (Phi) is 3.63. The van der Waals surface area contributed by atoms with Gasteiger partial charge < -0.3 is 10.2 Å². The molecule has 1 fully saturated rings. The Morgan fingerprint density at radius 1 is 1.14 bits per heavy atom. The summed E-state index contributed by atoms with van der Waals surface area (Å²) >= 11 is 12.6. The van der Waals surface area contributed by atoms with Gasteiger partial charge in [-0.1, -0.05) is 29.3 Å². The Hall–Kier alpha value is -1.45. The van der Waals surface area contributed by atoms with Crippen LogP contribution in [0.4, 0.5) is 5.82 Å². The van der Waals surface area contributed by atoms with E-state index in [1.807, 2.05) is 12.1 Å². The molecule has 1 aromatic carbocycles. The van der Waals surface area contributed by atoms with Gasteiger partial charge in [0.1, 0.15) is 5.82 Å². The molecule has 2 aliphatic heterocycles. The molecular weight excluding hydrogens is 317 g/mol. The number of nitrogens with one attached hydrogen (secondary N) is 1. The first-order valence-corrected chi connectivity index (χ1v) is 8.46. The van der Waals surface area contributed by atoms with Gasteiger partial charge in [0.25, 0.3) is 0 Å². The molecule has 1 N–H and O–H groups in total. The lowest BCUT2D eigenvalue weighted by atomic mass is 10.0. The first-order valence-electron chi connectivity index (χ1n) is 7.70. The second-order valence-corrected chi connectivity index (χ2v) is 6.64. The molecule has 114 valence electrons. The van der Waals surface area contributed by atoms with Gasteiger partial charge in [-0.25, -0.2) is 4.98 Å². The molecule has 0 aliphatic carbocycles. The smallest absolute Gasteiger partial charge is 0.129 e. The van der Waals surface area contributed by atoms with Gasteiger partial charge in [-0.2, -0.15) is 0 Å². The summed E-state index contributed by atoms with van der Waals surface area (Å²) in [5.41, 5.74) is 3.34. The van der Waals surface area contributed by atoms with E-state index in [2.05, 4.69) is 22.5 Å². The van der Waals surface area contributed by atoms with Gasteiger partial charge in [-0.05, 0) is 42.5 Å². The predicted molar refractivity (Wildman–Crippen MR) is 93.8 cm³/mol. The number of hydrogen-bond acceptors (Lipinski definition) is 3. The first-order chi connectivity index (χ1) is 10.7. The molecule has 3 heterocycles. The summed E-state index contributed by atoms with van der Waals surface area (Å²) in [6.45, 7) is 3.11. The minimum Gasteiger partial charge on any atom is -0.390 e. The van der Waals surface area contributed by atoms with E-state index in [-0.39, 0.29) is 0 Å². The second-order valence-electron chi connectivity index (χ2n) is 5.85. The van der Waals surface area contributed by atoms with Crippen molar-refractivity contribution in [3.63, 3.8) is 0 Å². The Bertz CT molecular complexity index is 764. The monoisotopic (exact) mass is 333 g/mol. The topological polar surface area (TPSA) is 28.2 Å². The number of halogens is 2. The van der Waals surface area contributed by atoms with Crippen LogP contribution in [0, 0.1) is 0 Å². The molecule has 2 aliphatic rings. The number of aromatic nitrogens is 1. The SMILES string of the molecule is Clc1ccc2c(C3=CNCC3)cc(N3CCCC3)nc2c1Cl. The van der Waals surface area contributed by atoms with Crippen molar-refractivity contribution in [2.75, 3.05) is 24.5 Å². The quantitative estimate of drug-likeness (QED) is 0.878. The van der Waals surface area contributed by atoms with E-state index < -0.39 is 0 Å². The third kappa shape index (κ3) is 2.33. The molecule has 4 rings (SSSR count). The molecule has 1 saturated heterocycles. The van der Waals surface area contributed by atoms with Crippen LogP contribution in [-0.2, 0) is 0 Å². The number of pyridine rings is 1. The van der Waals surface area contributed by atoms with Gasteiger partial charge in [0.15, 0.2) is 0 Å². The summed E-state index contributed by atoms with van der Waals surface area (Å²) in [6, 6.07) is 6.09. The highest BCUT2D eigenvalue weighted by atomic mass is 35.5. The van der Waals surface area contributed by atoms with E-state index in [1.165, 1.54) is 24.0 Å². The van der Waals surface area contributed by atoms with Gasteiger partial charge in [-0.3, -0.25) is 0 Å². The second kappa shape index (κ2) is 5.64. The van der Waals surface area contributed by atoms with Crippen molar-refractivity contribution in [2.24, 2.45) is 0 Å². The van der Waals surface area contributed by atoms with Crippen molar-refractivity contribution in [2.45, 2.75) is 19.3 Å². The largest absolute Gasteiger partial charge is 0.390 e. The summed E-state index contributed by atoms with van der Waals surface area (Å²) in [5.74, 6) is 1.01. The van der Waals surface area contributed by atoms with Crippen LogP contribution in [0.15, 0.2) is 24.4 Å². The van der Waals surface area contributed by atoms with Gasteiger partial charge in [0.05, 0.1) is 15.6 Å². The maximum absolute atomic E-state index is 6.44. The van der Waals surface area contributed by atoms with Crippen LogP contribution in [0.2, 0.25) is 10.0 Å². The fourth-order valence-corrected chi connectivity index (χ4v) is 3.64. The van der Waals surface area contributed by atoms with E-state index in [0.29, 0.717) is 10.0 Å². The number of anilines is 1. The van der Waals surface area contributed by atoms with Crippen LogP contribution >= 0.6 is 23.2 Å². The number of fused-ring (bicyclic) bond motifs is 1. The zero-order valence-electron chi connectivity index (χ0n) is 12.2. The third-order valence-electron chi connectivity index (χ3n) is 4.45. The van der Waals surface area contributed by atoms with Gasteiger partial charge in [-0.15, -0.1) is 0 Å². The van der Waals surface area contributed by atoms with Crippen LogP contribution in [0.3, 0.4) is 0 Å². The Morgan fingerprint density at radius 2 is 1.95 bits per heavy atom. The van der Waals surface area contributed by atoms with E-state index >= 15 is 0 Å². The molecule has 0 bridgehead atoms. The molecule has 2 aromatic rings. The zero-order chi connectivity index (χ0) is 15.1. The van der Waals surface area contributed by atoms with E-state index in [0.717, 1.165) is 42.8 Å². The van der Waals surface area contributed by atoms with Crippen LogP contribution in [0.1, 0.15) is 24.8 Å². The minimum absolute atomic E-state index is 0.549. The number of benzene rings is 1. The molecule has 0 amide bonds. The fraction of sp³-hybridized carbons (Fsp3) is 0.353. The van der Waals surface area contributed by atoms with Crippen molar-refractivity contribution in [1.82, 2.24) is 10.3 Å². The number of rotatable bonds is 2. The normalized spacial score (nSPS) is 17.9. The maximum Gasteiger partial charge on any atom is 0.129 e. The lowest BCUT2D eigenvalue weighted by Crippen LogP contribution is -2.19. The van der Waals surface area contributed by atoms with Crippen LogP contribution in [0.5, 0.6) is 0 Å². The van der Waals surface area contributed by atoms with Crippen molar-refractivity contribution in [1.29, 1.82) is 0 Å². The zero-order valence-corrected chi connectivity index (χ0v) is 13.7. The standard InChI is InChI=1S/C17H17Cl2N3/c18-14-4-3-12-13(11-5-6-20-10-11)9-15(21-17(12)16(14)19)22-7-1-2-8-22/h3-4,9-10,20H,1-2,5-8H2. The number of nitrogens with zero attached hydrogens (tertiary/aromatic N) is 2. The van der Waals surface area contributed by atoms with Crippen molar-refractivity contribution in [3.8, 4) is 0 Å². The van der Waals surface area contributed by atoms with Crippen molar-refractivity contribution in [3.05, 3.63) is 40.0 Å². The lowest BCUT2D eigenvalue weighted by Gasteiger charge is -2.19. The molecule has 1 aromatic heterocycles. The highest BCUT2D eigenvalue weighted by molar-refractivity contribution is 6.45. The fourth-order valence-electron chi connectivity index (χ4n) is 3.28. The summed E-state index contributed by atoms with van der Waals surface area (Å²) in [6.07, 6.45) is 5.58. The molecule has 22 heavy (non-hydrogen) atoms. The van der Waals surface area contributed by atoms with E-state index in [1.54, 1.807) is 0 Å². The minimum atomic E-state index is 0.549. The van der Waals surface area contributed by atoms with Crippen LogP contribution in [0.25, 0.3) is 16.5 Å². The lowest BCUT2D eigenvalue weighted by molar-refractivity contribution is 0.919. The summed E-state index contributed by atoms with van der Waals surface area (Å²) in [4.78, 5) is 7.15. The molecule has 0 unspecified atom stereocenters. The Labute approximate surface area is 139 Å². The molecular formula is C17H17Cl2N3. The van der Waals surface area contributed by atoms with E-state index in [9.17, 15) is 0 Å². The molecule has 0 radical (unpaired) electrons. The van der Waals surface area contributed by atoms with Crippen LogP contribution in [-0.4, -0.2) is 24.6 Å². The van der Waals surface area contributed by atoms with Gasteiger partial charge >= 0.3 is 0 Å². The molecule has 0 saturated carbocycles. The summed E-state index contributed by atoms with van der Waals surface area (Å²) < 4.78 is 0. The van der Waals surface area contributed by atoms with Crippen molar-refractivity contribution < 1.29 is 0 Å². The highest BCUT2D eigenvalue weighted by Gasteiger charge is 2.20. The summed E-state index contributed by atoms with van der Waals surface area (Å²) in [7, 11) is 0. The van der Waals surface area contributed by atoms with Gasteiger partial charge in [0, 0.05) is 31.2 Å². The van der Waals surface area contributed by atoms with Gasteiger partial charge in [0.2, 0.25) is 0 Å². The Morgan fingerprint density at radius 3 is 2.68 bits per heavy atom. The van der Waals surface area contributed by atoms with E-state index in [4.69, 9.17) is 28.2 Å². The van der Waals surface area contributed by atoms with Crippen molar-refractivity contribution >= 4 is 45.5 Å². The molecule has 0 spiro atoms. The number of hydrogen-bond donors (Lipinski definition) is 1. The van der Waals surface area contributed by atoms with Crippen LogP contribution < -0.4 is 10.2 Å². The average Bonchev–Trinajstić information content (AvgIpc) is 3.23. The molecule has 5 heteroatoms. The highest BCUT2D eigenvalue weighted by Crippen LogP contribution is 2.37. The maximum atomic E-state index is 6.44. The average molecular weight is 334 g/mol. The predicted octanol–water partition coefficient (Wildman–Crippen LogP) is 4.48. The molecule has 0 atom stereocenters. The third-order valence-corrected chi connectivity index (χ3v) is 5.24. The first kappa shape index (κ1) is 14.2. The Balaban J connectivity index is 1.96. The summed E-state index contributed by atoms with van der Waals surface area (Å²) in [5, 5.41) is 5.48.